The molecule has 13 nitrogen and oxygen atoms in total. The lowest BCUT2D eigenvalue weighted by atomic mass is 9.98. The van der Waals surface area contributed by atoms with Gasteiger partial charge in [-0.15, -0.1) is 23.2 Å². The highest BCUT2D eigenvalue weighted by molar-refractivity contribution is 7.54. The topological polar surface area (TPSA) is 165 Å². The summed E-state index contributed by atoms with van der Waals surface area (Å²) in [7, 11) is -3.92. The van der Waals surface area contributed by atoms with Crippen LogP contribution >= 0.6 is 30.9 Å². The molecule has 0 amide bonds. The van der Waals surface area contributed by atoms with E-state index < -0.39 is 68.9 Å². The molecule has 0 aliphatic carbocycles. The van der Waals surface area contributed by atoms with Crippen LogP contribution in [0.15, 0.2) is 0 Å². The van der Waals surface area contributed by atoms with Gasteiger partial charge in [0.1, 0.15) is 12.7 Å². The molecule has 1 saturated heterocycles. The summed E-state index contributed by atoms with van der Waals surface area (Å²) < 4.78 is 45.5. The third kappa shape index (κ3) is 10.4. The molecular weight excluding hydrogens is 522 g/mol. The van der Waals surface area contributed by atoms with E-state index in [4.69, 9.17) is 51.4 Å². The summed E-state index contributed by atoms with van der Waals surface area (Å²) >= 11 is 11.4. The van der Waals surface area contributed by atoms with Crippen LogP contribution in [0.5, 0.6) is 0 Å². The monoisotopic (exact) mass is 550 g/mol. The number of rotatable bonds is 13. The first-order chi connectivity index (χ1) is 15.9. The first-order valence-corrected chi connectivity index (χ1v) is 12.8. The minimum atomic E-state index is -3.92. The Balaban J connectivity index is 3.44. The van der Waals surface area contributed by atoms with Gasteiger partial charge in [-0.05, 0) is 0 Å². The molecule has 2 N–H and O–H groups in total. The number of esters is 4. The summed E-state index contributed by atoms with van der Waals surface area (Å²) in [5, 5.41) is 5.20. The predicted octanol–water partition coefficient (Wildman–Crippen LogP) is 0.851. The number of carbonyl (C=O) groups excluding carboxylic acids is 4. The van der Waals surface area contributed by atoms with Crippen LogP contribution in [0.4, 0.5) is 0 Å². The molecule has 5 atom stereocenters. The van der Waals surface area contributed by atoms with Crippen molar-refractivity contribution in [1.29, 1.82) is 0 Å². The lowest BCUT2D eigenvalue weighted by Crippen LogP contribution is -2.63. The minimum absolute atomic E-state index is 0.0550. The number of ether oxygens (including phenoxy) is 5. The zero-order chi connectivity index (χ0) is 25.9. The third-order valence-corrected chi connectivity index (χ3v) is 6.19. The molecule has 0 unspecified atom stereocenters. The van der Waals surface area contributed by atoms with Crippen molar-refractivity contribution in [2.24, 2.45) is 0 Å². The SMILES string of the molecule is CC(=O)OC[C@H]1O[C@H](OP(=O)(NCCCl)NCCCl)[C@H](OC(C)=O)[C@@H](OC(C)=O)[C@@H]1OC(C)=O. The number of hydrogen-bond acceptors (Lipinski definition) is 11. The summed E-state index contributed by atoms with van der Waals surface area (Å²) in [5.74, 6) is -2.93. The second-order valence-electron chi connectivity index (χ2n) is 6.92. The molecular formula is C18H29Cl2N2O11P. The maximum Gasteiger partial charge on any atom is 0.343 e. The van der Waals surface area contributed by atoms with Crippen molar-refractivity contribution in [3.05, 3.63) is 0 Å². The highest BCUT2D eigenvalue weighted by Gasteiger charge is 2.54. The molecule has 0 saturated carbocycles. The second-order valence-corrected chi connectivity index (χ2v) is 9.62. The normalized spacial score (nSPS) is 24.7. The van der Waals surface area contributed by atoms with E-state index in [2.05, 4.69) is 10.2 Å². The molecule has 1 aliphatic rings. The lowest BCUT2D eigenvalue weighted by Gasteiger charge is -2.44. The van der Waals surface area contributed by atoms with E-state index in [1.165, 1.54) is 0 Å². The Labute approximate surface area is 206 Å². The van der Waals surface area contributed by atoms with E-state index in [-0.39, 0.29) is 24.8 Å². The molecule has 0 aromatic carbocycles. The average molecular weight is 551 g/mol. The van der Waals surface area contributed by atoms with E-state index in [1.54, 1.807) is 0 Å². The highest BCUT2D eigenvalue weighted by Crippen LogP contribution is 2.43. The summed E-state index contributed by atoms with van der Waals surface area (Å²) in [5.41, 5.74) is 0. The summed E-state index contributed by atoms with van der Waals surface area (Å²) in [6.07, 6.45) is -7.22. The van der Waals surface area contributed by atoms with Crippen LogP contribution in [-0.4, -0.2) is 86.0 Å². The van der Waals surface area contributed by atoms with Crippen molar-refractivity contribution in [3.8, 4) is 0 Å². The van der Waals surface area contributed by atoms with Crippen LogP contribution in [0.1, 0.15) is 27.7 Å². The van der Waals surface area contributed by atoms with Crippen LogP contribution in [0.3, 0.4) is 0 Å². The standard InChI is InChI=1S/C18H29Cl2N2O11P/c1-10(23)28-9-14-15(29-11(2)24)16(30-12(3)25)17(31-13(4)26)18(32-14)33-34(27,21-7-5-19)22-8-6-20/h14-18H,5-9H2,1-4H3,(H2,21,22,27)/t14-,15-,16+,17-,18-/m1/s1. The van der Waals surface area contributed by atoms with Gasteiger partial charge >= 0.3 is 31.5 Å². The van der Waals surface area contributed by atoms with Crippen molar-refractivity contribution in [1.82, 2.24) is 10.2 Å². The van der Waals surface area contributed by atoms with Gasteiger partial charge < -0.3 is 23.7 Å². The molecule has 1 fully saturated rings. The first kappa shape index (κ1) is 30.6. The zero-order valence-electron chi connectivity index (χ0n) is 19.1. The quantitative estimate of drug-likeness (QED) is 0.143. The van der Waals surface area contributed by atoms with Crippen molar-refractivity contribution in [2.45, 2.75) is 58.4 Å². The highest BCUT2D eigenvalue weighted by atomic mass is 35.5. The minimum Gasteiger partial charge on any atom is -0.463 e. The second kappa shape index (κ2) is 14.8. The van der Waals surface area contributed by atoms with E-state index >= 15 is 0 Å². The fourth-order valence-electron chi connectivity index (χ4n) is 2.93. The fraction of sp³-hybridized carbons (Fsp3) is 0.778. The van der Waals surface area contributed by atoms with Gasteiger partial charge in [0.2, 0.25) is 6.29 Å². The fourth-order valence-corrected chi connectivity index (χ4v) is 4.92. The Morgan fingerprint density at radius 2 is 1.26 bits per heavy atom. The Morgan fingerprint density at radius 3 is 1.71 bits per heavy atom. The lowest BCUT2D eigenvalue weighted by molar-refractivity contribution is -0.289. The summed E-state index contributed by atoms with van der Waals surface area (Å²) in [4.78, 5) is 46.8. The smallest absolute Gasteiger partial charge is 0.343 e. The van der Waals surface area contributed by atoms with Gasteiger partial charge in [0.25, 0.3) is 0 Å². The van der Waals surface area contributed by atoms with Crippen LogP contribution in [0.2, 0.25) is 0 Å². The molecule has 0 radical (unpaired) electrons. The Kier molecular flexibility index (Phi) is 13.3. The number of nitrogens with one attached hydrogen (secondary N) is 2. The van der Waals surface area contributed by atoms with Crippen molar-refractivity contribution in [3.63, 3.8) is 0 Å². The van der Waals surface area contributed by atoms with Crippen molar-refractivity contribution >= 4 is 54.7 Å². The number of hydrogen-bond donors (Lipinski definition) is 2. The maximum absolute atomic E-state index is 13.3. The van der Waals surface area contributed by atoms with Crippen LogP contribution in [0.25, 0.3) is 0 Å². The first-order valence-electron chi connectivity index (χ1n) is 10.1. The molecule has 0 aromatic heterocycles. The Hall–Kier alpha value is -1.47. The van der Waals surface area contributed by atoms with Gasteiger partial charge in [-0.2, -0.15) is 0 Å². The van der Waals surface area contributed by atoms with E-state index in [9.17, 15) is 23.7 Å². The zero-order valence-corrected chi connectivity index (χ0v) is 21.5. The third-order valence-electron chi connectivity index (χ3n) is 4.03. The maximum atomic E-state index is 13.3. The van der Waals surface area contributed by atoms with Gasteiger partial charge in [-0.1, -0.05) is 0 Å². The van der Waals surface area contributed by atoms with Gasteiger partial charge in [0.05, 0.1) is 0 Å². The van der Waals surface area contributed by atoms with Gasteiger partial charge in [-0.25, -0.2) is 10.2 Å². The number of alkyl halides is 2. The largest absolute Gasteiger partial charge is 0.463 e. The van der Waals surface area contributed by atoms with Crippen LogP contribution < -0.4 is 10.2 Å². The summed E-state index contributed by atoms with van der Waals surface area (Å²) in [6, 6.07) is 0. The molecule has 16 heteroatoms. The Bertz CT molecular complexity index is 760. The van der Waals surface area contributed by atoms with Crippen molar-refractivity contribution in [2.75, 3.05) is 31.5 Å². The van der Waals surface area contributed by atoms with Crippen LogP contribution in [0, 0.1) is 0 Å². The van der Waals surface area contributed by atoms with Gasteiger partial charge in [-0.3, -0.25) is 28.3 Å². The van der Waals surface area contributed by atoms with E-state index in [0.29, 0.717) is 0 Å². The molecule has 0 aromatic rings. The molecule has 34 heavy (non-hydrogen) atoms. The molecule has 1 aliphatic heterocycles. The number of halogens is 2. The molecule has 1 rings (SSSR count). The summed E-state index contributed by atoms with van der Waals surface area (Å²) in [6.45, 7) is 4.05. The van der Waals surface area contributed by atoms with E-state index in [1.807, 2.05) is 0 Å². The van der Waals surface area contributed by atoms with Gasteiger partial charge in [0.15, 0.2) is 18.3 Å². The molecule has 0 spiro atoms. The molecule has 196 valence electrons. The van der Waals surface area contributed by atoms with E-state index in [0.717, 1.165) is 27.7 Å². The van der Waals surface area contributed by atoms with Crippen LogP contribution in [-0.2, 0) is 52.0 Å². The van der Waals surface area contributed by atoms with Gasteiger partial charge in [0, 0.05) is 52.5 Å². The predicted molar refractivity (Wildman–Crippen MR) is 118 cm³/mol. The van der Waals surface area contributed by atoms with Crippen molar-refractivity contribution < 1.29 is 52.0 Å². The molecule has 0 bridgehead atoms. The average Bonchev–Trinajstić information content (AvgIpc) is 2.73. The number of carbonyl (C=O) groups is 4. The molecule has 1 heterocycles. The Morgan fingerprint density at radius 1 is 0.794 bits per heavy atom.